The monoisotopic (exact) mass is 494 g/mol. The average molecular weight is 495 g/mol. The molecule has 0 unspecified atom stereocenters. The van der Waals surface area contributed by atoms with Gasteiger partial charge in [0, 0.05) is 11.1 Å². The van der Waals surface area contributed by atoms with Gasteiger partial charge < -0.3 is 28.8 Å². The topological polar surface area (TPSA) is 90.2 Å². The van der Waals surface area contributed by atoms with Crippen molar-refractivity contribution in [1.82, 2.24) is 10.2 Å². The summed E-state index contributed by atoms with van der Waals surface area (Å²) in [7, 11) is 3.04. The maximum Gasteiger partial charge on any atom is 0.255 e. The van der Waals surface area contributed by atoms with Crippen LogP contribution in [0.25, 0.3) is 0 Å². The van der Waals surface area contributed by atoms with Crippen LogP contribution in [0.3, 0.4) is 0 Å². The lowest BCUT2D eigenvalue weighted by Crippen LogP contribution is -2.49. The van der Waals surface area contributed by atoms with Gasteiger partial charge in [0.15, 0.2) is 11.5 Å². The molecule has 2 aromatic carbocycles. The van der Waals surface area contributed by atoms with Crippen LogP contribution < -0.4 is 19.5 Å². The highest BCUT2D eigenvalue weighted by atomic mass is 16.5. The summed E-state index contributed by atoms with van der Waals surface area (Å²) in [6.45, 7) is 8.19. The van der Waals surface area contributed by atoms with Gasteiger partial charge in [0.1, 0.15) is 17.6 Å². The Morgan fingerprint density at radius 3 is 2.25 bits per heavy atom. The molecule has 0 spiro atoms. The summed E-state index contributed by atoms with van der Waals surface area (Å²) in [6, 6.07) is 14.7. The van der Waals surface area contributed by atoms with Crippen LogP contribution in [-0.4, -0.2) is 43.1 Å². The molecule has 0 saturated carbocycles. The maximum absolute atomic E-state index is 14.0. The molecule has 0 aliphatic heterocycles. The molecule has 3 aromatic rings. The lowest BCUT2D eigenvalue weighted by molar-refractivity contribution is -0.127. The lowest BCUT2D eigenvalue weighted by Gasteiger charge is -2.33. The van der Waals surface area contributed by atoms with Crippen molar-refractivity contribution in [2.24, 2.45) is 0 Å². The normalized spacial score (nSPS) is 11.9. The first kappa shape index (κ1) is 26.7. The number of nitrogens with zero attached hydrogens (tertiary/aromatic N) is 1. The summed E-state index contributed by atoms with van der Waals surface area (Å²) in [4.78, 5) is 29.2. The lowest BCUT2D eigenvalue weighted by atomic mass is 10.00. The van der Waals surface area contributed by atoms with Gasteiger partial charge in [-0.3, -0.25) is 9.59 Å². The summed E-state index contributed by atoms with van der Waals surface area (Å²) in [6.07, 6.45) is 1.54. The summed E-state index contributed by atoms with van der Waals surface area (Å²) in [5, 5.41) is 3.03. The highest BCUT2D eigenvalue weighted by Gasteiger charge is 2.34. The second-order valence-corrected chi connectivity index (χ2v) is 9.23. The summed E-state index contributed by atoms with van der Waals surface area (Å²) in [5.74, 6) is 1.46. The fourth-order valence-electron chi connectivity index (χ4n) is 3.81. The quantitative estimate of drug-likeness (QED) is 0.427. The highest BCUT2D eigenvalue weighted by molar-refractivity contribution is 5.98. The second-order valence-electron chi connectivity index (χ2n) is 9.23. The van der Waals surface area contributed by atoms with Gasteiger partial charge in [-0.2, -0.15) is 0 Å². The third kappa shape index (κ3) is 6.59. The number of hydrogen-bond donors (Lipinski definition) is 1. The number of amides is 2. The van der Waals surface area contributed by atoms with E-state index in [4.69, 9.17) is 18.6 Å². The van der Waals surface area contributed by atoms with E-state index in [9.17, 15) is 9.59 Å². The molecule has 0 fully saturated rings. The summed E-state index contributed by atoms with van der Waals surface area (Å²) >= 11 is 0. The Labute approximate surface area is 212 Å². The molecule has 8 heteroatoms. The van der Waals surface area contributed by atoms with Crippen LogP contribution in [0.5, 0.6) is 17.2 Å². The van der Waals surface area contributed by atoms with Crippen molar-refractivity contribution in [3.63, 3.8) is 0 Å². The molecule has 192 valence electrons. The third-order valence-electron chi connectivity index (χ3n) is 5.36. The van der Waals surface area contributed by atoms with E-state index in [0.29, 0.717) is 40.7 Å². The molecule has 0 saturated heterocycles. The van der Waals surface area contributed by atoms with Gasteiger partial charge in [-0.1, -0.05) is 12.1 Å². The highest BCUT2D eigenvalue weighted by Crippen LogP contribution is 2.32. The van der Waals surface area contributed by atoms with E-state index < -0.39 is 11.6 Å². The Kier molecular flexibility index (Phi) is 8.64. The Hall–Kier alpha value is -3.94. The molecule has 2 amide bonds. The minimum absolute atomic E-state index is 0.0790. The molecule has 36 heavy (non-hydrogen) atoms. The Balaban J connectivity index is 2.11. The van der Waals surface area contributed by atoms with E-state index in [1.54, 1.807) is 54.6 Å². The predicted octanol–water partition coefficient (Wildman–Crippen LogP) is 4.99. The number of hydrogen-bond acceptors (Lipinski definition) is 6. The summed E-state index contributed by atoms with van der Waals surface area (Å²) < 4.78 is 21.8. The van der Waals surface area contributed by atoms with E-state index in [-0.39, 0.29) is 18.4 Å². The zero-order chi connectivity index (χ0) is 26.3. The predicted molar refractivity (Wildman–Crippen MR) is 136 cm³/mol. The summed E-state index contributed by atoms with van der Waals surface area (Å²) in [5.41, 5.74) is 0.475. The van der Waals surface area contributed by atoms with Gasteiger partial charge in [0.25, 0.3) is 5.91 Å². The van der Waals surface area contributed by atoms with Crippen molar-refractivity contribution < 1.29 is 28.2 Å². The average Bonchev–Trinajstić information content (AvgIpc) is 3.36. The molecule has 1 N–H and O–H groups in total. The number of methoxy groups -OCH3 is 2. The van der Waals surface area contributed by atoms with Gasteiger partial charge in [0.05, 0.1) is 33.6 Å². The zero-order valence-corrected chi connectivity index (χ0v) is 21.7. The van der Waals surface area contributed by atoms with E-state index >= 15 is 0 Å². The van der Waals surface area contributed by atoms with Crippen LogP contribution in [0.1, 0.15) is 55.4 Å². The third-order valence-corrected chi connectivity index (χ3v) is 5.36. The molecule has 8 nitrogen and oxygen atoms in total. The first-order valence-electron chi connectivity index (χ1n) is 11.8. The van der Waals surface area contributed by atoms with Gasteiger partial charge in [-0.05, 0) is 75.7 Å². The number of nitrogens with one attached hydrogen (secondary N) is 1. The van der Waals surface area contributed by atoms with Gasteiger partial charge >= 0.3 is 0 Å². The smallest absolute Gasteiger partial charge is 0.255 e. The van der Waals surface area contributed by atoms with E-state index in [2.05, 4.69) is 5.32 Å². The Bertz CT molecular complexity index is 1150. The first-order valence-corrected chi connectivity index (χ1v) is 11.8. The van der Waals surface area contributed by atoms with Crippen molar-refractivity contribution in [1.29, 1.82) is 0 Å². The van der Waals surface area contributed by atoms with Crippen molar-refractivity contribution in [3.05, 3.63) is 77.7 Å². The van der Waals surface area contributed by atoms with Crippen LogP contribution in [-0.2, 0) is 11.3 Å². The zero-order valence-electron chi connectivity index (χ0n) is 21.7. The number of carbonyl (C=O) groups is 2. The molecule has 0 aliphatic rings. The molecule has 0 bridgehead atoms. The Morgan fingerprint density at radius 1 is 1.00 bits per heavy atom. The number of carbonyl (C=O) groups excluding carboxylic acids is 2. The van der Waals surface area contributed by atoms with Crippen LogP contribution in [0.15, 0.2) is 65.3 Å². The fourth-order valence-corrected chi connectivity index (χ4v) is 3.81. The molecule has 1 atom stereocenters. The van der Waals surface area contributed by atoms with Crippen LogP contribution in [0, 0.1) is 0 Å². The first-order chi connectivity index (χ1) is 17.2. The molecule has 0 radical (unpaired) electrons. The van der Waals surface area contributed by atoms with Crippen molar-refractivity contribution >= 4 is 11.8 Å². The second kappa shape index (κ2) is 11.7. The minimum atomic E-state index is -0.939. The maximum atomic E-state index is 14.0. The molecular formula is C28H34N2O6. The minimum Gasteiger partial charge on any atom is -0.494 e. The number of furan rings is 1. The molecule has 3 rings (SSSR count). The van der Waals surface area contributed by atoms with E-state index in [1.807, 2.05) is 27.7 Å². The van der Waals surface area contributed by atoms with Crippen molar-refractivity contribution in [3.8, 4) is 17.2 Å². The standard InChI is InChI=1S/C28H34N2O6/c1-7-35-21-13-10-19(11-14-21)25(26(31)29-28(2,3)4)30(18-22-9-8-16-36-22)27(32)20-12-15-23(33-5)24(17-20)34-6/h8-17,25H,7,18H2,1-6H3,(H,29,31)/t25-/m1/s1. The number of benzene rings is 2. The van der Waals surface area contributed by atoms with E-state index in [1.165, 1.54) is 25.4 Å². The van der Waals surface area contributed by atoms with Crippen LogP contribution in [0.4, 0.5) is 0 Å². The van der Waals surface area contributed by atoms with Crippen molar-refractivity contribution in [2.75, 3.05) is 20.8 Å². The van der Waals surface area contributed by atoms with Crippen molar-refractivity contribution in [2.45, 2.75) is 45.8 Å². The van der Waals surface area contributed by atoms with E-state index in [0.717, 1.165) is 0 Å². The molecule has 1 heterocycles. The largest absolute Gasteiger partial charge is 0.494 e. The van der Waals surface area contributed by atoms with Gasteiger partial charge in [-0.25, -0.2) is 0 Å². The fraction of sp³-hybridized carbons (Fsp3) is 0.357. The Morgan fingerprint density at radius 2 is 1.69 bits per heavy atom. The van der Waals surface area contributed by atoms with Gasteiger partial charge in [-0.15, -0.1) is 0 Å². The number of ether oxygens (including phenoxy) is 3. The van der Waals surface area contributed by atoms with Gasteiger partial charge in [0.2, 0.25) is 5.91 Å². The molecule has 1 aromatic heterocycles. The molecular weight excluding hydrogens is 460 g/mol. The van der Waals surface area contributed by atoms with Crippen LogP contribution in [0.2, 0.25) is 0 Å². The van der Waals surface area contributed by atoms with Crippen LogP contribution >= 0.6 is 0 Å². The number of rotatable bonds is 10. The molecule has 0 aliphatic carbocycles. The SMILES string of the molecule is CCOc1ccc([C@H](C(=O)NC(C)(C)C)N(Cc2ccco2)C(=O)c2ccc(OC)c(OC)c2)cc1.